The molecular formula is C18H18N4O4S. The molecule has 0 fully saturated rings. The summed E-state index contributed by atoms with van der Waals surface area (Å²) >= 11 is 0.951. The Bertz CT molecular complexity index is 1070. The standard InChI is InChI=1S/C18H18N4O4S/c1-4-26-18(25)13-10(3)14(15(19)23)27-17(13)21-16(24)11-5-6-22-8-9(2)20-12(22)7-11/h5-8H,4H2,1-3H3,(H2,19,23)(H,21,24). The minimum atomic E-state index is -0.669. The number of carbonyl (C=O) groups excluding carboxylic acids is 3. The third-order valence-corrected chi connectivity index (χ3v) is 5.14. The van der Waals surface area contributed by atoms with Gasteiger partial charge in [0.1, 0.15) is 10.6 Å². The van der Waals surface area contributed by atoms with Crippen molar-refractivity contribution < 1.29 is 19.1 Å². The molecule has 0 saturated carbocycles. The van der Waals surface area contributed by atoms with Gasteiger partial charge in [-0.05, 0) is 38.5 Å². The minimum absolute atomic E-state index is 0.140. The molecule has 140 valence electrons. The molecule has 0 bridgehead atoms. The number of nitrogens with two attached hydrogens (primary N) is 1. The van der Waals surface area contributed by atoms with E-state index in [0.717, 1.165) is 17.0 Å². The van der Waals surface area contributed by atoms with Crippen molar-refractivity contribution in [2.45, 2.75) is 20.8 Å². The highest BCUT2D eigenvalue weighted by Gasteiger charge is 2.26. The van der Waals surface area contributed by atoms with E-state index < -0.39 is 17.8 Å². The van der Waals surface area contributed by atoms with Crippen LogP contribution < -0.4 is 11.1 Å². The highest BCUT2D eigenvalue weighted by atomic mass is 32.1. The normalized spacial score (nSPS) is 10.8. The molecule has 0 radical (unpaired) electrons. The molecule has 9 heteroatoms. The molecule has 27 heavy (non-hydrogen) atoms. The van der Waals surface area contributed by atoms with Gasteiger partial charge >= 0.3 is 5.97 Å². The van der Waals surface area contributed by atoms with Gasteiger partial charge in [-0.2, -0.15) is 0 Å². The molecule has 3 N–H and O–H groups in total. The number of rotatable bonds is 5. The maximum absolute atomic E-state index is 12.7. The zero-order chi connectivity index (χ0) is 19.7. The molecule has 0 aromatic carbocycles. The van der Waals surface area contributed by atoms with E-state index >= 15 is 0 Å². The number of thiophene rings is 1. The molecule has 0 aliphatic heterocycles. The van der Waals surface area contributed by atoms with E-state index in [9.17, 15) is 14.4 Å². The van der Waals surface area contributed by atoms with Crippen LogP contribution in [0.25, 0.3) is 5.65 Å². The molecule has 0 saturated heterocycles. The highest BCUT2D eigenvalue weighted by molar-refractivity contribution is 7.18. The summed E-state index contributed by atoms with van der Waals surface area (Å²) in [7, 11) is 0. The number of esters is 1. The fourth-order valence-corrected chi connectivity index (χ4v) is 3.75. The van der Waals surface area contributed by atoms with Crippen molar-refractivity contribution in [2.24, 2.45) is 5.73 Å². The minimum Gasteiger partial charge on any atom is -0.462 e. The number of fused-ring (bicyclic) bond motifs is 1. The van der Waals surface area contributed by atoms with Crippen LogP contribution in [-0.4, -0.2) is 33.8 Å². The number of carbonyl (C=O) groups is 3. The molecule has 8 nitrogen and oxygen atoms in total. The Morgan fingerprint density at radius 2 is 2.07 bits per heavy atom. The largest absolute Gasteiger partial charge is 0.462 e. The molecule has 0 aliphatic rings. The zero-order valence-electron chi connectivity index (χ0n) is 15.0. The summed E-state index contributed by atoms with van der Waals surface area (Å²) in [6, 6.07) is 3.28. The Hall–Kier alpha value is -3.20. The molecule has 3 rings (SSSR count). The van der Waals surface area contributed by atoms with E-state index in [4.69, 9.17) is 10.5 Å². The van der Waals surface area contributed by atoms with Crippen molar-refractivity contribution in [2.75, 3.05) is 11.9 Å². The second kappa shape index (κ2) is 7.20. The predicted octanol–water partition coefficient (Wildman–Crippen LogP) is 2.54. The van der Waals surface area contributed by atoms with Crippen LogP contribution in [0.4, 0.5) is 5.00 Å². The van der Waals surface area contributed by atoms with E-state index in [1.54, 1.807) is 36.6 Å². The van der Waals surface area contributed by atoms with Gasteiger partial charge in [0.25, 0.3) is 11.8 Å². The van der Waals surface area contributed by atoms with Crippen LogP contribution in [0.1, 0.15) is 48.6 Å². The topological polar surface area (TPSA) is 116 Å². The van der Waals surface area contributed by atoms with Crippen molar-refractivity contribution in [3.05, 3.63) is 51.8 Å². The SMILES string of the molecule is CCOC(=O)c1c(NC(=O)c2ccn3cc(C)nc3c2)sc(C(N)=O)c1C. The molecule has 3 aromatic rings. The summed E-state index contributed by atoms with van der Waals surface area (Å²) < 4.78 is 6.84. The highest BCUT2D eigenvalue weighted by Crippen LogP contribution is 2.33. The second-order valence-corrected chi connectivity index (χ2v) is 6.88. The lowest BCUT2D eigenvalue weighted by Crippen LogP contribution is -2.15. The summed E-state index contributed by atoms with van der Waals surface area (Å²) in [5, 5.41) is 2.91. The van der Waals surface area contributed by atoms with Gasteiger partial charge in [0, 0.05) is 18.0 Å². The Morgan fingerprint density at radius 3 is 2.74 bits per heavy atom. The van der Waals surface area contributed by atoms with Crippen molar-refractivity contribution in [3.8, 4) is 0 Å². The molecule has 3 aromatic heterocycles. The average Bonchev–Trinajstić information content (AvgIpc) is 3.13. The molecular weight excluding hydrogens is 368 g/mol. The van der Waals surface area contributed by atoms with Gasteiger partial charge in [-0.3, -0.25) is 9.59 Å². The van der Waals surface area contributed by atoms with Gasteiger partial charge < -0.3 is 20.2 Å². The molecule has 0 unspecified atom stereocenters. The van der Waals surface area contributed by atoms with Gasteiger partial charge in [-0.1, -0.05) is 0 Å². The number of hydrogen-bond acceptors (Lipinski definition) is 6. The number of aryl methyl sites for hydroxylation is 1. The number of anilines is 1. The summed E-state index contributed by atoms with van der Waals surface area (Å²) in [5.41, 5.74) is 7.73. The van der Waals surface area contributed by atoms with Gasteiger partial charge in [0.2, 0.25) is 0 Å². The van der Waals surface area contributed by atoms with Gasteiger partial charge in [0.15, 0.2) is 0 Å². The fourth-order valence-electron chi connectivity index (χ4n) is 2.71. The Kier molecular flexibility index (Phi) is 4.95. The Morgan fingerprint density at radius 1 is 1.33 bits per heavy atom. The molecule has 2 amide bonds. The van der Waals surface area contributed by atoms with Gasteiger partial charge in [0.05, 0.1) is 22.7 Å². The second-order valence-electron chi connectivity index (χ2n) is 5.86. The number of ether oxygens (including phenoxy) is 1. The van der Waals surface area contributed by atoms with Crippen molar-refractivity contribution in [1.82, 2.24) is 9.38 Å². The quantitative estimate of drug-likeness (QED) is 0.654. The molecule has 3 heterocycles. The lowest BCUT2D eigenvalue weighted by atomic mass is 10.1. The number of nitrogens with zero attached hydrogens (tertiary/aromatic N) is 2. The van der Waals surface area contributed by atoms with E-state index in [0.29, 0.717) is 16.8 Å². The number of amides is 2. The van der Waals surface area contributed by atoms with Crippen LogP contribution in [-0.2, 0) is 4.74 Å². The summed E-state index contributed by atoms with van der Waals surface area (Å²) in [6.45, 7) is 5.30. The number of imidazole rings is 1. The summed E-state index contributed by atoms with van der Waals surface area (Å²) in [5.74, 6) is -1.72. The summed E-state index contributed by atoms with van der Waals surface area (Å²) in [6.07, 6.45) is 3.57. The van der Waals surface area contributed by atoms with Crippen LogP contribution in [0.2, 0.25) is 0 Å². The Labute approximate surface area is 159 Å². The first kappa shape index (κ1) is 18.6. The van der Waals surface area contributed by atoms with E-state index in [1.165, 1.54) is 0 Å². The van der Waals surface area contributed by atoms with E-state index in [1.807, 2.05) is 13.1 Å². The van der Waals surface area contributed by atoms with Crippen LogP contribution in [0.3, 0.4) is 0 Å². The number of aromatic nitrogens is 2. The van der Waals surface area contributed by atoms with Crippen LogP contribution in [0, 0.1) is 13.8 Å². The maximum atomic E-state index is 12.7. The lowest BCUT2D eigenvalue weighted by molar-refractivity contribution is 0.0527. The number of hydrogen-bond donors (Lipinski definition) is 2. The van der Waals surface area contributed by atoms with E-state index in [2.05, 4.69) is 10.3 Å². The lowest BCUT2D eigenvalue weighted by Gasteiger charge is -2.07. The number of primary amides is 1. The first-order chi connectivity index (χ1) is 12.8. The monoisotopic (exact) mass is 386 g/mol. The molecule has 0 spiro atoms. The fraction of sp³-hybridized carbons (Fsp3) is 0.222. The van der Waals surface area contributed by atoms with Gasteiger partial charge in [-0.25, -0.2) is 9.78 Å². The van der Waals surface area contributed by atoms with Crippen molar-refractivity contribution in [1.29, 1.82) is 0 Å². The predicted molar refractivity (Wildman–Crippen MR) is 101 cm³/mol. The van der Waals surface area contributed by atoms with Crippen molar-refractivity contribution >= 4 is 39.8 Å². The van der Waals surface area contributed by atoms with Crippen LogP contribution in [0.5, 0.6) is 0 Å². The summed E-state index contributed by atoms with van der Waals surface area (Å²) in [4.78, 5) is 41.1. The molecule has 0 aliphatic carbocycles. The number of pyridine rings is 1. The third kappa shape index (κ3) is 3.54. The van der Waals surface area contributed by atoms with Crippen molar-refractivity contribution in [3.63, 3.8) is 0 Å². The van der Waals surface area contributed by atoms with Gasteiger partial charge in [-0.15, -0.1) is 11.3 Å². The number of nitrogens with one attached hydrogen (secondary N) is 1. The zero-order valence-corrected chi connectivity index (χ0v) is 15.8. The average molecular weight is 386 g/mol. The van der Waals surface area contributed by atoms with E-state index in [-0.39, 0.29) is 22.0 Å². The first-order valence-corrected chi connectivity index (χ1v) is 9.00. The maximum Gasteiger partial charge on any atom is 0.341 e. The first-order valence-electron chi connectivity index (χ1n) is 8.18. The van der Waals surface area contributed by atoms with Crippen LogP contribution >= 0.6 is 11.3 Å². The smallest absolute Gasteiger partial charge is 0.341 e. The third-order valence-electron chi connectivity index (χ3n) is 3.92. The van der Waals surface area contributed by atoms with Crippen LogP contribution in [0.15, 0.2) is 24.5 Å². The Balaban J connectivity index is 1.97. The molecule has 0 atom stereocenters.